The summed E-state index contributed by atoms with van der Waals surface area (Å²) in [5.74, 6) is 2.15. The first-order valence-electron chi connectivity index (χ1n) is 13.4. The van der Waals surface area contributed by atoms with Crippen molar-refractivity contribution in [3.05, 3.63) is 60.2 Å². The molecular formula is C29H37FN4O5. The number of ether oxygens (including phenoxy) is 3. The van der Waals surface area contributed by atoms with Gasteiger partial charge in [0.1, 0.15) is 30.0 Å². The molecule has 1 aliphatic rings. The molecule has 1 atom stereocenters. The number of aliphatic hydroxyl groups is 2. The summed E-state index contributed by atoms with van der Waals surface area (Å²) in [6.45, 7) is 7.13. The van der Waals surface area contributed by atoms with E-state index in [2.05, 4.69) is 32.3 Å². The van der Waals surface area contributed by atoms with E-state index >= 15 is 0 Å². The Morgan fingerprint density at radius 2 is 1.62 bits per heavy atom. The highest BCUT2D eigenvalue weighted by Gasteiger charge is 2.22. The van der Waals surface area contributed by atoms with Gasteiger partial charge in [0.05, 0.1) is 37.8 Å². The van der Waals surface area contributed by atoms with Crippen LogP contribution >= 0.6 is 0 Å². The highest BCUT2D eigenvalue weighted by atomic mass is 19.1. The molecule has 210 valence electrons. The summed E-state index contributed by atoms with van der Waals surface area (Å²) in [6, 6.07) is 10.8. The van der Waals surface area contributed by atoms with E-state index < -0.39 is 6.10 Å². The molecule has 0 spiro atoms. The molecule has 3 N–H and O–H groups in total. The van der Waals surface area contributed by atoms with E-state index in [0.717, 1.165) is 60.7 Å². The standard InChI is InChI=1S/C29H37FN4O5/c1-3-37-26-13-20(14-27(38-4-2)28(26)21-5-7-22(30)8-6-21)17-34-11-9-23(10-12-34)33-29-31-15-25(16-32-29)39-19-24(36)18-35/h5-8,13-16,23-24,35-36H,3-4,9-12,17-19H2,1-2H3,(H,31,32,33). The number of hydrogen-bond acceptors (Lipinski definition) is 9. The lowest BCUT2D eigenvalue weighted by Gasteiger charge is -2.32. The Hall–Kier alpha value is -3.47. The largest absolute Gasteiger partial charge is 0.493 e. The Bertz CT molecular complexity index is 1140. The molecule has 0 saturated carbocycles. The number of nitrogens with zero attached hydrogens (tertiary/aromatic N) is 3. The number of anilines is 1. The smallest absolute Gasteiger partial charge is 0.223 e. The average molecular weight is 541 g/mol. The van der Waals surface area contributed by atoms with Crippen LogP contribution in [0.4, 0.5) is 10.3 Å². The van der Waals surface area contributed by atoms with Gasteiger partial charge >= 0.3 is 0 Å². The second-order valence-corrected chi connectivity index (χ2v) is 9.42. The molecule has 1 saturated heterocycles. The van der Waals surface area contributed by atoms with Crippen molar-refractivity contribution in [1.82, 2.24) is 14.9 Å². The molecule has 0 aliphatic carbocycles. The number of rotatable bonds is 13. The average Bonchev–Trinajstić information content (AvgIpc) is 2.94. The summed E-state index contributed by atoms with van der Waals surface area (Å²) in [4.78, 5) is 11.0. The van der Waals surface area contributed by atoms with Crippen LogP contribution in [0.3, 0.4) is 0 Å². The van der Waals surface area contributed by atoms with Gasteiger partial charge in [0.2, 0.25) is 5.95 Å². The zero-order valence-electron chi connectivity index (χ0n) is 22.5. The minimum Gasteiger partial charge on any atom is -0.493 e. The number of nitrogens with one attached hydrogen (secondary N) is 1. The minimum absolute atomic E-state index is 0.0157. The number of halogens is 1. The quantitative estimate of drug-likeness (QED) is 0.298. The van der Waals surface area contributed by atoms with E-state index in [9.17, 15) is 9.50 Å². The van der Waals surface area contributed by atoms with Crippen molar-refractivity contribution < 1.29 is 28.8 Å². The van der Waals surface area contributed by atoms with Gasteiger partial charge in [-0.2, -0.15) is 0 Å². The lowest BCUT2D eigenvalue weighted by Crippen LogP contribution is -2.39. The minimum atomic E-state index is -0.933. The molecule has 2 aromatic carbocycles. The van der Waals surface area contributed by atoms with Crippen molar-refractivity contribution in [3.63, 3.8) is 0 Å². The van der Waals surface area contributed by atoms with Crippen molar-refractivity contribution in [2.75, 3.05) is 44.8 Å². The van der Waals surface area contributed by atoms with E-state index in [0.29, 0.717) is 24.9 Å². The molecule has 1 fully saturated rings. The van der Waals surface area contributed by atoms with Gasteiger partial charge in [0.15, 0.2) is 5.75 Å². The predicted molar refractivity (Wildman–Crippen MR) is 147 cm³/mol. The van der Waals surface area contributed by atoms with E-state index in [1.54, 1.807) is 24.5 Å². The molecule has 2 heterocycles. The van der Waals surface area contributed by atoms with E-state index in [4.69, 9.17) is 19.3 Å². The van der Waals surface area contributed by atoms with Crippen LogP contribution in [0.1, 0.15) is 32.3 Å². The maximum atomic E-state index is 13.6. The summed E-state index contributed by atoms with van der Waals surface area (Å²) >= 11 is 0. The first-order valence-corrected chi connectivity index (χ1v) is 13.4. The van der Waals surface area contributed by atoms with Gasteiger partial charge in [0.25, 0.3) is 0 Å². The van der Waals surface area contributed by atoms with Gasteiger partial charge in [-0.1, -0.05) is 12.1 Å². The summed E-state index contributed by atoms with van der Waals surface area (Å²) < 4.78 is 30.9. The Kier molecular flexibility index (Phi) is 10.3. The van der Waals surface area contributed by atoms with Crippen molar-refractivity contribution in [3.8, 4) is 28.4 Å². The van der Waals surface area contributed by atoms with Crippen LogP contribution in [-0.4, -0.2) is 76.7 Å². The second kappa shape index (κ2) is 14.1. The molecule has 0 bridgehead atoms. The van der Waals surface area contributed by atoms with Crippen LogP contribution in [0, 0.1) is 5.82 Å². The number of aromatic nitrogens is 2. The van der Waals surface area contributed by atoms with Gasteiger partial charge < -0.3 is 29.7 Å². The Balaban J connectivity index is 1.37. The third kappa shape index (κ3) is 8.01. The molecule has 39 heavy (non-hydrogen) atoms. The number of likely N-dealkylation sites (tertiary alicyclic amines) is 1. The molecule has 1 aliphatic heterocycles. The topological polar surface area (TPSA) is 109 Å². The summed E-state index contributed by atoms with van der Waals surface area (Å²) in [7, 11) is 0. The van der Waals surface area contributed by atoms with Gasteiger partial charge in [-0.25, -0.2) is 14.4 Å². The van der Waals surface area contributed by atoms with Crippen LogP contribution in [-0.2, 0) is 6.54 Å². The van der Waals surface area contributed by atoms with E-state index in [1.807, 2.05) is 13.8 Å². The highest BCUT2D eigenvalue weighted by molar-refractivity contribution is 5.77. The predicted octanol–water partition coefficient (Wildman–Crippen LogP) is 3.89. The summed E-state index contributed by atoms with van der Waals surface area (Å²) in [5, 5.41) is 21.7. The highest BCUT2D eigenvalue weighted by Crippen LogP contribution is 2.40. The number of aliphatic hydroxyl groups excluding tert-OH is 2. The van der Waals surface area contributed by atoms with Crippen LogP contribution in [0.2, 0.25) is 0 Å². The fourth-order valence-corrected chi connectivity index (χ4v) is 4.56. The molecule has 1 aromatic heterocycles. The monoisotopic (exact) mass is 540 g/mol. The molecule has 9 nitrogen and oxygen atoms in total. The third-order valence-corrected chi connectivity index (χ3v) is 6.47. The molecule has 4 rings (SSSR count). The normalized spacial score (nSPS) is 15.1. The molecule has 1 unspecified atom stereocenters. The SMILES string of the molecule is CCOc1cc(CN2CCC(Nc3ncc(OCC(O)CO)cn3)CC2)cc(OCC)c1-c1ccc(F)cc1. The summed E-state index contributed by atoms with van der Waals surface area (Å²) in [6.07, 6.45) is 4.05. The number of piperidine rings is 1. The number of hydrogen-bond donors (Lipinski definition) is 3. The van der Waals surface area contributed by atoms with E-state index in [1.165, 1.54) is 12.1 Å². The fourth-order valence-electron chi connectivity index (χ4n) is 4.56. The third-order valence-electron chi connectivity index (χ3n) is 6.47. The van der Waals surface area contributed by atoms with Gasteiger partial charge in [-0.05, 0) is 62.1 Å². The van der Waals surface area contributed by atoms with Crippen LogP contribution < -0.4 is 19.5 Å². The lowest BCUT2D eigenvalue weighted by molar-refractivity contribution is 0.0534. The lowest BCUT2D eigenvalue weighted by atomic mass is 9.99. The van der Waals surface area contributed by atoms with Crippen LogP contribution in [0.15, 0.2) is 48.8 Å². The van der Waals surface area contributed by atoms with Crippen molar-refractivity contribution in [1.29, 1.82) is 0 Å². The molecular weight excluding hydrogens is 503 g/mol. The maximum absolute atomic E-state index is 13.6. The molecule has 3 aromatic rings. The Morgan fingerprint density at radius 3 is 2.18 bits per heavy atom. The Labute approximate surface area is 228 Å². The molecule has 0 radical (unpaired) electrons. The van der Waals surface area contributed by atoms with Crippen molar-refractivity contribution in [2.45, 2.75) is 45.4 Å². The van der Waals surface area contributed by atoms with Crippen molar-refractivity contribution >= 4 is 5.95 Å². The van der Waals surface area contributed by atoms with Gasteiger partial charge in [-0.15, -0.1) is 0 Å². The Morgan fingerprint density at radius 1 is 1.00 bits per heavy atom. The molecule has 0 amide bonds. The van der Waals surface area contributed by atoms with Crippen LogP contribution in [0.5, 0.6) is 17.2 Å². The molecule has 10 heteroatoms. The fraction of sp³-hybridized carbons (Fsp3) is 0.448. The maximum Gasteiger partial charge on any atom is 0.223 e. The van der Waals surface area contributed by atoms with Crippen LogP contribution in [0.25, 0.3) is 11.1 Å². The first-order chi connectivity index (χ1) is 19.0. The zero-order chi connectivity index (χ0) is 27.6. The van der Waals surface area contributed by atoms with Gasteiger partial charge in [-0.3, -0.25) is 4.90 Å². The van der Waals surface area contributed by atoms with Gasteiger partial charge in [0, 0.05) is 25.7 Å². The zero-order valence-corrected chi connectivity index (χ0v) is 22.5. The second-order valence-electron chi connectivity index (χ2n) is 9.42. The number of benzene rings is 2. The van der Waals surface area contributed by atoms with Crippen molar-refractivity contribution in [2.24, 2.45) is 0 Å². The summed E-state index contributed by atoms with van der Waals surface area (Å²) in [5.41, 5.74) is 2.79. The van der Waals surface area contributed by atoms with E-state index in [-0.39, 0.29) is 25.1 Å². The first kappa shape index (κ1) is 28.5.